The molecule has 114 valence electrons. The predicted molar refractivity (Wildman–Crippen MR) is 90.8 cm³/mol. The predicted octanol–water partition coefficient (Wildman–Crippen LogP) is 4.29. The minimum atomic E-state index is 0.288. The molecule has 0 saturated carbocycles. The first kappa shape index (κ1) is 15.2. The van der Waals surface area contributed by atoms with Crippen LogP contribution in [0.3, 0.4) is 0 Å². The van der Waals surface area contributed by atoms with Gasteiger partial charge in [0.15, 0.2) is 0 Å². The molecule has 0 saturated heterocycles. The van der Waals surface area contributed by atoms with E-state index in [1.807, 2.05) is 31.5 Å². The summed E-state index contributed by atoms with van der Waals surface area (Å²) < 4.78 is 0. The van der Waals surface area contributed by atoms with E-state index in [1.54, 1.807) is 0 Å². The zero-order chi connectivity index (χ0) is 15.5. The minimum Gasteiger partial charge on any atom is -0.291 e. The van der Waals surface area contributed by atoms with E-state index in [-0.39, 0.29) is 6.04 Å². The molecule has 3 rings (SSSR count). The summed E-state index contributed by atoms with van der Waals surface area (Å²) in [5.41, 5.74) is 4.66. The molecule has 2 aromatic rings. The van der Waals surface area contributed by atoms with Crippen LogP contribution in [0.4, 0.5) is 0 Å². The Hall–Kier alpha value is -1.71. The Balaban J connectivity index is 1.70. The number of hydrogen-bond acceptors (Lipinski definition) is 3. The van der Waals surface area contributed by atoms with Gasteiger partial charge in [-0.15, -0.1) is 0 Å². The quantitative estimate of drug-likeness (QED) is 0.846. The summed E-state index contributed by atoms with van der Waals surface area (Å²) in [6.45, 7) is 6.13. The lowest BCUT2D eigenvalue weighted by Gasteiger charge is -2.31. The molecule has 0 bridgehead atoms. The monoisotopic (exact) mass is 313 g/mol. The molecule has 3 nitrogen and oxygen atoms in total. The van der Waals surface area contributed by atoms with Crippen molar-refractivity contribution >= 4 is 17.2 Å². The summed E-state index contributed by atoms with van der Waals surface area (Å²) in [6, 6.07) is 8.39. The molecule has 22 heavy (non-hydrogen) atoms. The van der Waals surface area contributed by atoms with Gasteiger partial charge >= 0.3 is 0 Å². The molecule has 4 heteroatoms. The van der Waals surface area contributed by atoms with Crippen molar-refractivity contribution in [2.75, 3.05) is 13.1 Å². The Bertz CT molecular complexity index is 662. The fourth-order valence-electron chi connectivity index (χ4n) is 2.77. The average Bonchev–Trinajstić information content (AvgIpc) is 2.56. The van der Waals surface area contributed by atoms with E-state index < -0.39 is 0 Å². The van der Waals surface area contributed by atoms with Crippen molar-refractivity contribution in [2.24, 2.45) is 0 Å². The van der Waals surface area contributed by atoms with E-state index in [2.05, 4.69) is 40.0 Å². The van der Waals surface area contributed by atoms with Crippen molar-refractivity contribution in [2.45, 2.75) is 26.3 Å². The van der Waals surface area contributed by atoms with Gasteiger partial charge in [-0.1, -0.05) is 29.8 Å². The smallest absolute Gasteiger partial charge is 0.0755 e. The maximum absolute atomic E-state index is 5.95. The van der Waals surface area contributed by atoms with Crippen molar-refractivity contribution in [3.05, 3.63) is 64.7 Å². The number of nitrogens with zero attached hydrogens (tertiary/aromatic N) is 3. The van der Waals surface area contributed by atoms with Crippen LogP contribution in [0.15, 0.2) is 42.7 Å². The summed E-state index contributed by atoms with van der Waals surface area (Å²) in [5.74, 6) is 0. The van der Waals surface area contributed by atoms with E-state index in [0.29, 0.717) is 0 Å². The average molecular weight is 314 g/mol. The van der Waals surface area contributed by atoms with Gasteiger partial charge in [-0.2, -0.15) is 0 Å². The summed E-state index contributed by atoms with van der Waals surface area (Å²) in [4.78, 5) is 11.3. The van der Waals surface area contributed by atoms with E-state index >= 15 is 0 Å². The van der Waals surface area contributed by atoms with Gasteiger partial charge < -0.3 is 0 Å². The van der Waals surface area contributed by atoms with Crippen molar-refractivity contribution in [3.8, 4) is 0 Å². The third-order valence-electron chi connectivity index (χ3n) is 4.23. The highest BCUT2D eigenvalue weighted by Gasteiger charge is 2.20. The van der Waals surface area contributed by atoms with E-state index in [9.17, 15) is 0 Å². The molecule has 0 N–H and O–H groups in total. The molecule has 1 aromatic carbocycles. The highest BCUT2D eigenvalue weighted by molar-refractivity contribution is 6.30. The van der Waals surface area contributed by atoms with Crippen LogP contribution in [-0.4, -0.2) is 28.0 Å². The van der Waals surface area contributed by atoms with Crippen LogP contribution in [0.1, 0.15) is 36.3 Å². The molecule has 0 fully saturated rings. The number of aryl methyl sites for hydroxylation is 1. The molecule has 0 spiro atoms. The standard InChI is InChI=1S/C18H20ClN3/c1-13-11-21-18(12-20-13)14(2)22-9-7-16(8-10-22)15-3-5-17(19)6-4-15/h3-7,11-12,14H,8-10H2,1-2H3/t14-/m1/s1. The first-order valence-electron chi connectivity index (χ1n) is 7.61. The molecule has 1 aliphatic rings. The SMILES string of the molecule is Cc1cnc([C@@H](C)N2CC=C(c3ccc(Cl)cc3)CC2)cn1. The molecule has 1 aromatic heterocycles. The van der Waals surface area contributed by atoms with Gasteiger partial charge in [-0.25, -0.2) is 0 Å². The van der Waals surface area contributed by atoms with Gasteiger partial charge in [0.1, 0.15) is 0 Å². The molecule has 1 aliphatic heterocycles. The molecule has 1 atom stereocenters. The zero-order valence-corrected chi connectivity index (χ0v) is 13.7. The van der Waals surface area contributed by atoms with Crippen LogP contribution in [0.2, 0.25) is 5.02 Å². The molecule has 0 amide bonds. The molecular formula is C18H20ClN3. The highest BCUT2D eigenvalue weighted by atomic mass is 35.5. The van der Waals surface area contributed by atoms with Crippen molar-refractivity contribution < 1.29 is 0 Å². The van der Waals surface area contributed by atoms with Gasteiger partial charge in [-0.05, 0) is 43.5 Å². The normalized spacial score (nSPS) is 17.1. The topological polar surface area (TPSA) is 29.0 Å². The molecule has 0 radical (unpaired) electrons. The first-order chi connectivity index (χ1) is 10.6. The number of benzene rings is 1. The molecule has 0 unspecified atom stereocenters. The maximum atomic E-state index is 5.95. The number of hydrogen-bond donors (Lipinski definition) is 0. The van der Waals surface area contributed by atoms with Gasteiger partial charge in [-0.3, -0.25) is 14.9 Å². The summed E-state index contributed by atoms with van der Waals surface area (Å²) in [7, 11) is 0. The Morgan fingerprint density at radius 1 is 1.14 bits per heavy atom. The van der Waals surface area contributed by atoms with Crippen molar-refractivity contribution in [1.29, 1.82) is 0 Å². The van der Waals surface area contributed by atoms with Gasteiger partial charge in [0.25, 0.3) is 0 Å². The van der Waals surface area contributed by atoms with Crippen LogP contribution < -0.4 is 0 Å². The number of halogens is 1. The van der Waals surface area contributed by atoms with E-state index in [4.69, 9.17) is 11.6 Å². The van der Waals surface area contributed by atoms with Crippen LogP contribution in [-0.2, 0) is 0 Å². The Kier molecular flexibility index (Phi) is 4.55. The minimum absolute atomic E-state index is 0.288. The largest absolute Gasteiger partial charge is 0.291 e. The van der Waals surface area contributed by atoms with Crippen LogP contribution in [0.5, 0.6) is 0 Å². The Morgan fingerprint density at radius 2 is 1.91 bits per heavy atom. The second kappa shape index (κ2) is 6.59. The lowest BCUT2D eigenvalue weighted by Crippen LogP contribution is -2.31. The second-order valence-electron chi connectivity index (χ2n) is 5.74. The van der Waals surface area contributed by atoms with Crippen LogP contribution >= 0.6 is 11.6 Å². The second-order valence-corrected chi connectivity index (χ2v) is 6.18. The maximum Gasteiger partial charge on any atom is 0.0755 e. The fraction of sp³-hybridized carbons (Fsp3) is 0.333. The fourth-order valence-corrected chi connectivity index (χ4v) is 2.89. The van der Waals surface area contributed by atoms with Gasteiger partial charge in [0, 0.05) is 24.3 Å². The van der Waals surface area contributed by atoms with Gasteiger partial charge in [0.2, 0.25) is 0 Å². The van der Waals surface area contributed by atoms with Crippen LogP contribution in [0, 0.1) is 6.92 Å². The highest BCUT2D eigenvalue weighted by Crippen LogP contribution is 2.27. The van der Waals surface area contributed by atoms with Gasteiger partial charge in [0.05, 0.1) is 23.6 Å². The summed E-state index contributed by atoms with van der Waals surface area (Å²) >= 11 is 5.95. The van der Waals surface area contributed by atoms with Crippen LogP contribution in [0.25, 0.3) is 5.57 Å². The third kappa shape index (κ3) is 3.37. The first-order valence-corrected chi connectivity index (χ1v) is 7.99. The van der Waals surface area contributed by atoms with E-state index in [0.717, 1.165) is 35.9 Å². The van der Waals surface area contributed by atoms with Crippen molar-refractivity contribution in [3.63, 3.8) is 0 Å². The van der Waals surface area contributed by atoms with E-state index in [1.165, 1.54) is 11.1 Å². The molecule has 2 heterocycles. The molecular weight excluding hydrogens is 294 g/mol. The number of aromatic nitrogens is 2. The Labute approximate surface area is 136 Å². The third-order valence-corrected chi connectivity index (χ3v) is 4.48. The lowest BCUT2D eigenvalue weighted by atomic mass is 9.98. The summed E-state index contributed by atoms with van der Waals surface area (Å²) in [6.07, 6.45) is 7.08. The number of rotatable bonds is 3. The molecule has 0 aliphatic carbocycles. The Morgan fingerprint density at radius 3 is 2.50 bits per heavy atom. The van der Waals surface area contributed by atoms with Crippen molar-refractivity contribution in [1.82, 2.24) is 14.9 Å². The zero-order valence-electron chi connectivity index (χ0n) is 13.0. The lowest BCUT2D eigenvalue weighted by molar-refractivity contribution is 0.229. The summed E-state index contributed by atoms with van der Waals surface area (Å²) in [5, 5.41) is 0.786.